The Bertz CT molecular complexity index is 1290. The summed E-state index contributed by atoms with van der Waals surface area (Å²) < 4.78 is 26.6. The van der Waals surface area contributed by atoms with Crippen molar-refractivity contribution in [3.63, 3.8) is 0 Å². The first kappa shape index (κ1) is 19.5. The Balaban J connectivity index is 1.50. The summed E-state index contributed by atoms with van der Waals surface area (Å²) >= 11 is 5.79. The number of carbonyl (C=O) groups excluding carboxylic acids is 2. The zero-order chi connectivity index (χ0) is 21.3. The van der Waals surface area contributed by atoms with E-state index in [0.717, 1.165) is 10.8 Å². The second-order valence-corrected chi connectivity index (χ2v) is 6.61. The third kappa shape index (κ3) is 3.83. The quantitative estimate of drug-likeness (QED) is 0.420. The zero-order valence-electron chi connectivity index (χ0n) is 15.0. The van der Waals surface area contributed by atoms with Crippen LogP contribution in [-0.4, -0.2) is 27.0 Å². The molecule has 0 unspecified atom stereocenters. The molecule has 4 aromatic rings. The van der Waals surface area contributed by atoms with E-state index in [1.54, 1.807) is 6.20 Å². The standard InChI is InChI=1S/C20H12ClF2N5O2/c21-13-8-15(23)14(22)7-12(13)19(29)25-17-9-16(27-28-17)20(30)26-18-11-4-2-1-3-10(11)5-6-24-18/h1-9H,(H,24,26,30)(H2,25,27,28,29). The summed E-state index contributed by atoms with van der Waals surface area (Å²) in [6.07, 6.45) is 1.57. The van der Waals surface area contributed by atoms with Crippen molar-refractivity contribution in [2.24, 2.45) is 0 Å². The largest absolute Gasteiger partial charge is 0.305 e. The summed E-state index contributed by atoms with van der Waals surface area (Å²) in [6.45, 7) is 0. The highest BCUT2D eigenvalue weighted by atomic mass is 35.5. The van der Waals surface area contributed by atoms with Crippen LogP contribution in [0.4, 0.5) is 20.4 Å². The van der Waals surface area contributed by atoms with Gasteiger partial charge in [-0.3, -0.25) is 14.7 Å². The van der Waals surface area contributed by atoms with E-state index >= 15 is 0 Å². The fourth-order valence-corrected chi connectivity index (χ4v) is 3.01. The molecule has 30 heavy (non-hydrogen) atoms. The lowest BCUT2D eigenvalue weighted by Gasteiger charge is -2.06. The van der Waals surface area contributed by atoms with E-state index in [1.807, 2.05) is 30.3 Å². The molecule has 0 aliphatic rings. The maximum absolute atomic E-state index is 13.4. The number of rotatable bonds is 4. The molecule has 2 aromatic heterocycles. The highest BCUT2D eigenvalue weighted by molar-refractivity contribution is 6.34. The second-order valence-electron chi connectivity index (χ2n) is 6.20. The molecule has 2 aromatic carbocycles. The number of nitrogens with one attached hydrogen (secondary N) is 3. The molecule has 3 N–H and O–H groups in total. The van der Waals surface area contributed by atoms with Gasteiger partial charge in [0.25, 0.3) is 11.8 Å². The van der Waals surface area contributed by atoms with Gasteiger partial charge in [0.15, 0.2) is 17.5 Å². The van der Waals surface area contributed by atoms with Gasteiger partial charge in [0, 0.05) is 17.6 Å². The van der Waals surface area contributed by atoms with Crippen molar-refractivity contribution in [1.29, 1.82) is 0 Å². The second kappa shape index (κ2) is 7.88. The van der Waals surface area contributed by atoms with Gasteiger partial charge in [-0.2, -0.15) is 5.10 Å². The van der Waals surface area contributed by atoms with Crippen molar-refractivity contribution in [3.05, 3.63) is 82.6 Å². The Morgan fingerprint density at radius 3 is 2.57 bits per heavy atom. The first-order valence-electron chi connectivity index (χ1n) is 8.59. The number of anilines is 2. The van der Waals surface area contributed by atoms with Crippen LogP contribution < -0.4 is 10.6 Å². The van der Waals surface area contributed by atoms with Crippen molar-refractivity contribution in [2.75, 3.05) is 10.6 Å². The van der Waals surface area contributed by atoms with Gasteiger partial charge in [0.1, 0.15) is 11.5 Å². The molecule has 0 spiro atoms. The molecule has 150 valence electrons. The molecule has 0 saturated heterocycles. The summed E-state index contributed by atoms with van der Waals surface area (Å²) in [5.74, 6) is -3.36. The van der Waals surface area contributed by atoms with E-state index in [-0.39, 0.29) is 22.1 Å². The van der Waals surface area contributed by atoms with Crippen molar-refractivity contribution < 1.29 is 18.4 Å². The summed E-state index contributed by atoms with van der Waals surface area (Å²) in [5.41, 5.74) is -0.221. The average molecular weight is 428 g/mol. The van der Waals surface area contributed by atoms with Gasteiger partial charge in [-0.15, -0.1) is 0 Å². The Morgan fingerprint density at radius 1 is 0.967 bits per heavy atom. The molecule has 10 heteroatoms. The molecule has 7 nitrogen and oxygen atoms in total. The number of hydrogen-bond donors (Lipinski definition) is 3. The number of aromatic amines is 1. The first-order valence-corrected chi connectivity index (χ1v) is 8.96. The van der Waals surface area contributed by atoms with Crippen LogP contribution in [0.3, 0.4) is 0 Å². The molecular formula is C20H12ClF2N5O2. The van der Waals surface area contributed by atoms with Crippen LogP contribution in [0, 0.1) is 11.6 Å². The van der Waals surface area contributed by atoms with Crippen LogP contribution in [0.2, 0.25) is 5.02 Å². The number of benzene rings is 2. The van der Waals surface area contributed by atoms with Crippen molar-refractivity contribution in [2.45, 2.75) is 0 Å². The Kier molecular flexibility index (Phi) is 5.11. The van der Waals surface area contributed by atoms with E-state index in [0.29, 0.717) is 18.0 Å². The van der Waals surface area contributed by atoms with E-state index in [9.17, 15) is 18.4 Å². The van der Waals surface area contributed by atoms with E-state index in [1.165, 1.54) is 6.07 Å². The minimum Gasteiger partial charge on any atom is -0.305 e. The highest BCUT2D eigenvalue weighted by Crippen LogP contribution is 2.22. The Hall–Kier alpha value is -3.85. The molecule has 0 aliphatic heterocycles. The molecule has 0 fully saturated rings. The van der Waals surface area contributed by atoms with Crippen molar-refractivity contribution in [1.82, 2.24) is 15.2 Å². The van der Waals surface area contributed by atoms with Gasteiger partial charge in [-0.1, -0.05) is 35.9 Å². The number of H-pyrrole nitrogens is 1. The van der Waals surface area contributed by atoms with Crippen molar-refractivity contribution >= 4 is 45.8 Å². The van der Waals surface area contributed by atoms with Gasteiger partial charge in [-0.05, 0) is 23.6 Å². The molecule has 0 aliphatic carbocycles. The van der Waals surface area contributed by atoms with Crippen LogP contribution in [0.25, 0.3) is 10.8 Å². The normalized spacial score (nSPS) is 10.8. The predicted molar refractivity (Wildman–Crippen MR) is 108 cm³/mol. The van der Waals surface area contributed by atoms with Crippen LogP contribution in [0.5, 0.6) is 0 Å². The van der Waals surface area contributed by atoms with Gasteiger partial charge in [0.2, 0.25) is 0 Å². The summed E-state index contributed by atoms with van der Waals surface area (Å²) in [5, 5.41) is 12.8. The number of fused-ring (bicyclic) bond motifs is 1. The Morgan fingerprint density at radius 2 is 1.73 bits per heavy atom. The van der Waals surface area contributed by atoms with Crippen molar-refractivity contribution in [3.8, 4) is 0 Å². The fourth-order valence-electron chi connectivity index (χ4n) is 2.78. The number of nitrogens with zero attached hydrogens (tertiary/aromatic N) is 2. The third-order valence-electron chi connectivity index (χ3n) is 4.22. The van der Waals surface area contributed by atoms with Crippen LogP contribution in [0.1, 0.15) is 20.8 Å². The number of pyridine rings is 1. The van der Waals surface area contributed by atoms with Crippen LogP contribution in [0.15, 0.2) is 54.7 Å². The van der Waals surface area contributed by atoms with E-state index in [4.69, 9.17) is 11.6 Å². The maximum Gasteiger partial charge on any atom is 0.274 e. The molecular weight excluding hydrogens is 416 g/mol. The first-order chi connectivity index (χ1) is 14.4. The number of carbonyl (C=O) groups is 2. The van der Waals surface area contributed by atoms with Gasteiger partial charge < -0.3 is 10.6 Å². The predicted octanol–water partition coefficient (Wildman–Crippen LogP) is 4.39. The smallest absolute Gasteiger partial charge is 0.274 e. The molecule has 4 rings (SSSR count). The minimum absolute atomic E-state index is 0.00294. The topological polar surface area (TPSA) is 99.8 Å². The summed E-state index contributed by atoms with van der Waals surface area (Å²) in [6, 6.07) is 11.9. The minimum atomic E-state index is -1.21. The monoisotopic (exact) mass is 427 g/mol. The average Bonchev–Trinajstić information content (AvgIpc) is 3.19. The molecule has 0 atom stereocenters. The number of amides is 2. The fraction of sp³-hybridized carbons (Fsp3) is 0. The maximum atomic E-state index is 13.4. The molecule has 2 heterocycles. The van der Waals surface area contributed by atoms with Gasteiger partial charge >= 0.3 is 0 Å². The van der Waals surface area contributed by atoms with Crippen LogP contribution >= 0.6 is 11.6 Å². The summed E-state index contributed by atoms with van der Waals surface area (Å²) in [7, 11) is 0. The number of aromatic nitrogens is 3. The Labute approximate surface area is 173 Å². The molecule has 2 amide bonds. The third-order valence-corrected chi connectivity index (χ3v) is 4.54. The molecule has 0 radical (unpaired) electrons. The SMILES string of the molecule is O=C(Nc1nccc2ccccc12)c1cc(NC(=O)c2cc(F)c(F)cc2Cl)n[nH]1. The van der Waals surface area contributed by atoms with E-state index in [2.05, 4.69) is 25.8 Å². The van der Waals surface area contributed by atoms with Crippen LogP contribution in [-0.2, 0) is 0 Å². The lowest BCUT2D eigenvalue weighted by atomic mass is 10.1. The molecule has 0 saturated carbocycles. The number of halogens is 3. The highest BCUT2D eigenvalue weighted by Gasteiger charge is 2.18. The lowest BCUT2D eigenvalue weighted by molar-refractivity contribution is 0.101. The molecule has 0 bridgehead atoms. The van der Waals surface area contributed by atoms with E-state index < -0.39 is 23.4 Å². The zero-order valence-corrected chi connectivity index (χ0v) is 15.8. The number of hydrogen-bond acceptors (Lipinski definition) is 4. The van der Waals surface area contributed by atoms with Gasteiger partial charge in [0.05, 0.1) is 10.6 Å². The summed E-state index contributed by atoms with van der Waals surface area (Å²) in [4.78, 5) is 29.0. The lowest BCUT2D eigenvalue weighted by Crippen LogP contribution is -2.14. The van der Waals surface area contributed by atoms with Gasteiger partial charge in [-0.25, -0.2) is 13.8 Å².